The van der Waals surface area contributed by atoms with E-state index in [0.717, 1.165) is 5.69 Å². The minimum Gasteiger partial charge on any atom is -0.378 e. The second kappa shape index (κ2) is 5.90. The molecular weight excluding hydrogens is 214 g/mol. The Hall–Kier alpha value is -2.02. The number of rotatable bonds is 4. The van der Waals surface area contributed by atoms with Crippen LogP contribution in [0.25, 0.3) is 0 Å². The summed E-state index contributed by atoms with van der Waals surface area (Å²) in [6.45, 7) is 0.460. The molecule has 0 atom stereocenters. The summed E-state index contributed by atoms with van der Waals surface area (Å²) in [6, 6.07) is 9.49. The fourth-order valence-corrected chi connectivity index (χ4v) is 1.46. The summed E-state index contributed by atoms with van der Waals surface area (Å²) in [7, 11) is 5.58. The first-order valence-corrected chi connectivity index (χ1v) is 5.46. The van der Waals surface area contributed by atoms with Crippen molar-refractivity contribution < 1.29 is 4.79 Å². The fourth-order valence-electron chi connectivity index (χ4n) is 1.46. The Balaban J connectivity index is 2.82. The lowest BCUT2D eigenvalue weighted by Gasteiger charge is -2.17. The van der Waals surface area contributed by atoms with Crippen LogP contribution in [0.4, 0.5) is 5.69 Å². The highest BCUT2D eigenvalue weighted by Crippen LogP contribution is 2.14. The third kappa shape index (κ3) is 3.49. The maximum Gasteiger partial charge on any atom is 0.253 e. The summed E-state index contributed by atoms with van der Waals surface area (Å²) >= 11 is 0. The molecule has 1 amide bonds. The summed E-state index contributed by atoms with van der Waals surface area (Å²) in [6.07, 6.45) is 0.357. The lowest BCUT2D eigenvalue weighted by atomic mass is 10.1. The molecule has 0 heterocycles. The van der Waals surface area contributed by atoms with E-state index in [1.165, 1.54) is 0 Å². The summed E-state index contributed by atoms with van der Waals surface area (Å²) in [5.41, 5.74) is 1.64. The van der Waals surface area contributed by atoms with Gasteiger partial charge in [0.15, 0.2) is 0 Å². The van der Waals surface area contributed by atoms with Crippen LogP contribution in [0.2, 0.25) is 0 Å². The van der Waals surface area contributed by atoms with Gasteiger partial charge in [-0.2, -0.15) is 5.26 Å². The molecule has 0 saturated carbocycles. The molecule has 0 spiro atoms. The van der Waals surface area contributed by atoms with Crippen LogP contribution in [0, 0.1) is 11.3 Å². The van der Waals surface area contributed by atoms with Crippen LogP contribution in [-0.2, 0) is 0 Å². The molecule has 0 aromatic heterocycles. The Morgan fingerprint density at radius 2 is 2.06 bits per heavy atom. The molecule has 4 heteroatoms. The smallest absolute Gasteiger partial charge is 0.253 e. The van der Waals surface area contributed by atoms with Crippen LogP contribution in [-0.4, -0.2) is 38.5 Å². The van der Waals surface area contributed by atoms with Crippen molar-refractivity contribution in [3.05, 3.63) is 29.8 Å². The molecule has 0 fully saturated rings. The van der Waals surface area contributed by atoms with E-state index in [4.69, 9.17) is 5.26 Å². The molecule has 1 aromatic carbocycles. The third-order valence-electron chi connectivity index (χ3n) is 2.52. The van der Waals surface area contributed by atoms with Gasteiger partial charge < -0.3 is 9.80 Å². The summed E-state index contributed by atoms with van der Waals surface area (Å²) < 4.78 is 0. The van der Waals surface area contributed by atoms with Gasteiger partial charge in [0.1, 0.15) is 0 Å². The van der Waals surface area contributed by atoms with Gasteiger partial charge in [0.25, 0.3) is 5.91 Å². The second-order valence-electron chi connectivity index (χ2n) is 4.08. The zero-order valence-electron chi connectivity index (χ0n) is 10.5. The van der Waals surface area contributed by atoms with Gasteiger partial charge in [0, 0.05) is 38.9 Å². The first kappa shape index (κ1) is 13.0. The van der Waals surface area contributed by atoms with E-state index in [1.54, 1.807) is 18.0 Å². The lowest BCUT2D eigenvalue weighted by Crippen LogP contribution is -2.27. The molecule has 90 valence electrons. The van der Waals surface area contributed by atoms with Gasteiger partial charge in [-0.05, 0) is 18.2 Å². The number of anilines is 1. The number of benzene rings is 1. The maximum absolute atomic E-state index is 12.0. The maximum atomic E-state index is 12.0. The minimum absolute atomic E-state index is 0.0519. The van der Waals surface area contributed by atoms with Crippen molar-refractivity contribution in [2.45, 2.75) is 6.42 Å². The van der Waals surface area contributed by atoms with Gasteiger partial charge in [-0.3, -0.25) is 4.79 Å². The van der Waals surface area contributed by atoms with Crippen LogP contribution in [0.5, 0.6) is 0 Å². The van der Waals surface area contributed by atoms with Crippen LogP contribution in [0.1, 0.15) is 16.8 Å². The van der Waals surface area contributed by atoms with E-state index in [0.29, 0.717) is 18.5 Å². The van der Waals surface area contributed by atoms with Crippen LogP contribution in [0.3, 0.4) is 0 Å². The predicted octanol–water partition coefficient (Wildman–Crippen LogP) is 1.74. The van der Waals surface area contributed by atoms with Crippen molar-refractivity contribution in [2.24, 2.45) is 0 Å². The number of amides is 1. The molecule has 0 radical (unpaired) electrons. The van der Waals surface area contributed by atoms with E-state index in [1.807, 2.05) is 43.3 Å². The van der Waals surface area contributed by atoms with Crippen molar-refractivity contribution in [3.63, 3.8) is 0 Å². The SMILES string of the molecule is CN(CCC#N)C(=O)c1cccc(N(C)C)c1. The zero-order chi connectivity index (χ0) is 12.8. The fraction of sp³-hybridized carbons (Fsp3) is 0.385. The summed E-state index contributed by atoms with van der Waals surface area (Å²) in [4.78, 5) is 15.5. The number of nitriles is 1. The van der Waals surface area contributed by atoms with Gasteiger partial charge in [0.05, 0.1) is 12.5 Å². The van der Waals surface area contributed by atoms with E-state index >= 15 is 0 Å². The average molecular weight is 231 g/mol. The Labute approximate surface area is 102 Å². The molecule has 0 aliphatic carbocycles. The average Bonchev–Trinajstić information content (AvgIpc) is 2.35. The molecule has 4 nitrogen and oxygen atoms in total. The predicted molar refractivity (Wildman–Crippen MR) is 68.0 cm³/mol. The highest BCUT2D eigenvalue weighted by atomic mass is 16.2. The molecule has 0 aliphatic rings. The number of nitrogens with zero attached hydrogens (tertiary/aromatic N) is 3. The number of hydrogen-bond donors (Lipinski definition) is 0. The Morgan fingerprint density at radius 3 is 2.65 bits per heavy atom. The van der Waals surface area contributed by atoms with Crippen LogP contribution in [0.15, 0.2) is 24.3 Å². The summed E-state index contributed by atoms with van der Waals surface area (Å²) in [5, 5.41) is 8.49. The Kier molecular flexibility index (Phi) is 4.53. The van der Waals surface area contributed by atoms with E-state index < -0.39 is 0 Å². The third-order valence-corrected chi connectivity index (χ3v) is 2.52. The van der Waals surface area contributed by atoms with Crippen molar-refractivity contribution in [1.29, 1.82) is 5.26 Å². The number of hydrogen-bond acceptors (Lipinski definition) is 3. The lowest BCUT2D eigenvalue weighted by molar-refractivity contribution is 0.0798. The Morgan fingerprint density at radius 1 is 1.35 bits per heavy atom. The molecular formula is C13H17N3O. The monoisotopic (exact) mass is 231 g/mol. The second-order valence-corrected chi connectivity index (χ2v) is 4.08. The standard InChI is InChI=1S/C13H17N3O/c1-15(2)12-7-4-6-11(10-12)13(17)16(3)9-5-8-14/h4,6-7,10H,5,9H2,1-3H3. The number of carbonyl (C=O) groups is 1. The highest BCUT2D eigenvalue weighted by molar-refractivity contribution is 5.95. The normalized spacial score (nSPS) is 9.53. The van der Waals surface area contributed by atoms with Gasteiger partial charge in [-0.25, -0.2) is 0 Å². The molecule has 0 bridgehead atoms. The Bertz CT molecular complexity index is 435. The molecule has 1 aromatic rings. The molecule has 0 unspecified atom stereocenters. The summed E-state index contributed by atoms with van der Waals surface area (Å²) in [5.74, 6) is -0.0519. The first-order chi connectivity index (χ1) is 8.06. The van der Waals surface area contributed by atoms with Crippen molar-refractivity contribution in [1.82, 2.24) is 4.90 Å². The van der Waals surface area contributed by atoms with Gasteiger partial charge in [0.2, 0.25) is 0 Å². The zero-order valence-corrected chi connectivity index (χ0v) is 10.5. The van der Waals surface area contributed by atoms with Crippen LogP contribution < -0.4 is 4.90 Å². The van der Waals surface area contributed by atoms with Crippen LogP contribution >= 0.6 is 0 Å². The van der Waals surface area contributed by atoms with Crippen molar-refractivity contribution in [3.8, 4) is 6.07 Å². The largest absolute Gasteiger partial charge is 0.378 e. The van der Waals surface area contributed by atoms with Gasteiger partial charge >= 0.3 is 0 Å². The highest BCUT2D eigenvalue weighted by Gasteiger charge is 2.11. The van der Waals surface area contributed by atoms with Gasteiger partial charge in [-0.1, -0.05) is 6.07 Å². The van der Waals surface area contributed by atoms with Crippen molar-refractivity contribution >= 4 is 11.6 Å². The number of carbonyl (C=O) groups excluding carboxylic acids is 1. The molecule has 17 heavy (non-hydrogen) atoms. The molecule has 0 saturated heterocycles. The quantitative estimate of drug-likeness (QED) is 0.793. The molecule has 0 N–H and O–H groups in total. The first-order valence-electron chi connectivity index (χ1n) is 5.46. The van der Waals surface area contributed by atoms with Gasteiger partial charge in [-0.15, -0.1) is 0 Å². The molecule has 0 aliphatic heterocycles. The van der Waals surface area contributed by atoms with E-state index in [2.05, 4.69) is 0 Å². The molecule has 1 rings (SSSR count). The topological polar surface area (TPSA) is 47.3 Å². The van der Waals surface area contributed by atoms with Crippen molar-refractivity contribution in [2.75, 3.05) is 32.6 Å². The van der Waals surface area contributed by atoms with E-state index in [-0.39, 0.29) is 5.91 Å². The minimum atomic E-state index is -0.0519. The van der Waals surface area contributed by atoms with E-state index in [9.17, 15) is 4.79 Å².